The number of hydrogen-bond donors (Lipinski definition) is 1. The monoisotopic (exact) mass is 334 g/mol. The van der Waals surface area contributed by atoms with Crippen LogP contribution in [0, 0.1) is 18.3 Å². The van der Waals surface area contributed by atoms with Crippen LogP contribution < -0.4 is 5.32 Å². The highest BCUT2D eigenvalue weighted by atomic mass is 79.9. The summed E-state index contributed by atoms with van der Waals surface area (Å²) in [6, 6.07) is 13.5. The fourth-order valence-electron chi connectivity index (χ4n) is 1.75. The third-order valence-electron chi connectivity index (χ3n) is 2.78. The van der Waals surface area contributed by atoms with Crippen molar-refractivity contribution < 1.29 is 0 Å². The van der Waals surface area contributed by atoms with Gasteiger partial charge in [0.1, 0.15) is 6.07 Å². The normalized spacial score (nSPS) is 10.0. The topological polar surface area (TPSA) is 35.8 Å². The highest BCUT2D eigenvalue weighted by Crippen LogP contribution is 2.23. The Morgan fingerprint density at radius 1 is 1.26 bits per heavy atom. The molecule has 2 rings (SSSR count). The van der Waals surface area contributed by atoms with Crippen molar-refractivity contribution in [3.8, 4) is 6.07 Å². The summed E-state index contributed by atoms with van der Waals surface area (Å²) < 4.78 is 1.06. The van der Waals surface area contributed by atoms with Crippen molar-refractivity contribution in [3.63, 3.8) is 0 Å². The van der Waals surface area contributed by atoms with Crippen LogP contribution in [0.3, 0.4) is 0 Å². The first-order valence-electron chi connectivity index (χ1n) is 5.78. The molecule has 0 atom stereocenters. The summed E-state index contributed by atoms with van der Waals surface area (Å²) in [7, 11) is 0. The number of anilines is 1. The summed E-state index contributed by atoms with van der Waals surface area (Å²) in [5, 5.41) is 12.9. The van der Waals surface area contributed by atoms with Crippen LogP contribution in [0.25, 0.3) is 0 Å². The molecule has 0 aliphatic carbocycles. The average Bonchev–Trinajstić information content (AvgIpc) is 2.38. The highest BCUT2D eigenvalue weighted by molar-refractivity contribution is 9.10. The molecule has 0 aliphatic rings. The summed E-state index contributed by atoms with van der Waals surface area (Å²) in [6.07, 6.45) is 0. The number of nitrogens with one attached hydrogen (secondary N) is 1. The van der Waals surface area contributed by atoms with E-state index in [2.05, 4.69) is 45.5 Å². The molecule has 0 saturated carbocycles. The van der Waals surface area contributed by atoms with Crippen LogP contribution in [0.2, 0.25) is 5.02 Å². The van der Waals surface area contributed by atoms with E-state index in [1.807, 2.05) is 6.92 Å². The van der Waals surface area contributed by atoms with E-state index in [0.29, 0.717) is 17.1 Å². The Balaban J connectivity index is 2.19. The van der Waals surface area contributed by atoms with Gasteiger partial charge in [-0.3, -0.25) is 0 Å². The Bertz CT molecular complexity index is 647. The minimum atomic E-state index is 0.590. The van der Waals surface area contributed by atoms with Crippen LogP contribution in [0.5, 0.6) is 0 Å². The molecule has 96 valence electrons. The maximum Gasteiger partial charge on any atom is 0.101 e. The fourth-order valence-corrected chi connectivity index (χ4v) is 2.55. The van der Waals surface area contributed by atoms with Crippen molar-refractivity contribution in [1.29, 1.82) is 5.26 Å². The lowest BCUT2D eigenvalue weighted by Gasteiger charge is -2.10. The third kappa shape index (κ3) is 3.50. The first-order chi connectivity index (χ1) is 9.10. The second-order valence-electron chi connectivity index (χ2n) is 4.25. The first kappa shape index (κ1) is 13.9. The molecule has 19 heavy (non-hydrogen) atoms. The predicted octanol–water partition coefficient (Wildman–Crippen LogP) is 4.89. The van der Waals surface area contributed by atoms with E-state index < -0.39 is 0 Å². The zero-order chi connectivity index (χ0) is 13.8. The van der Waals surface area contributed by atoms with Gasteiger partial charge >= 0.3 is 0 Å². The molecule has 0 saturated heterocycles. The molecule has 0 spiro atoms. The number of benzene rings is 2. The van der Waals surface area contributed by atoms with Crippen LogP contribution in [0.15, 0.2) is 40.9 Å². The molecule has 2 aromatic carbocycles. The zero-order valence-electron chi connectivity index (χ0n) is 10.4. The molecular weight excluding hydrogens is 324 g/mol. The lowest BCUT2D eigenvalue weighted by Crippen LogP contribution is -2.02. The zero-order valence-corrected chi connectivity index (χ0v) is 12.7. The summed E-state index contributed by atoms with van der Waals surface area (Å²) in [5.41, 5.74) is 3.68. The van der Waals surface area contributed by atoms with Crippen molar-refractivity contribution in [2.45, 2.75) is 13.5 Å². The van der Waals surface area contributed by atoms with E-state index >= 15 is 0 Å². The van der Waals surface area contributed by atoms with Gasteiger partial charge < -0.3 is 5.32 Å². The van der Waals surface area contributed by atoms with Crippen molar-refractivity contribution in [2.24, 2.45) is 0 Å². The van der Waals surface area contributed by atoms with Crippen molar-refractivity contribution >= 4 is 33.2 Å². The van der Waals surface area contributed by atoms with E-state index in [1.54, 1.807) is 18.2 Å². The largest absolute Gasteiger partial charge is 0.380 e. The van der Waals surface area contributed by atoms with Gasteiger partial charge in [0.05, 0.1) is 11.3 Å². The number of nitrogens with zero attached hydrogens (tertiary/aromatic N) is 1. The van der Waals surface area contributed by atoms with Gasteiger partial charge in [-0.2, -0.15) is 5.26 Å². The minimum absolute atomic E-state index is 0.590. The Morgan fingerprint density at radius 3 is 2.74 bits per heavy atom. The van der Waals surface area contributed by atoms with Crippen LogP contribution in [-0.4, -0.2) is 0 Å². The van der Waals surface area contributed by atoms with E-state index in [0.717, 1.165) is 15.7 Å². The summed E-state index contributed by atoms with van der Waals surface area (Å²) >= 11 is 9.49. The molecule has 0 unspecified atom stereocenters. The molecule has 0 amide bonds. The summed E-state index contributed by atoms with van der Waals surface area (Å²) in [4.78, 5) is 0. The molecule has 2 nitrogen and oxygen atoms in total. The van der Waals surface area contributed by atoms with Gasteiger partial charge in [0.2, 0.25) is 0 Å². The maximum atomic E-state index is 9.06. The first-order valence-corrected chi connectivity index (χ1v) is 6.96. The van der Waals surface area contributed by atoms with E-state index in [9.17, 15) is 0 Å². The molecular formula is C15H12BrClN2. The second-order valence-corrected chi connectivity index (χ2v) is 5.54. The van der Waals surface area contributed by atoms with E-state index in [-0.39, 0.29) is 0 Å². The molecule has 0 aromatic heterocycles. The van der Waals surface area contributed by atoms with Gasteiger partial charge in [0.25, 0.3) is 0 Å². The van der Waals surface area contributed by atoms with Crippen LogP contribution in [-0.2, 0) is 6.54 Å². The molecule has 0 heterocycles. The molecule has 4 heteroatoms. The molecule has 1 N–H and O–H groups in total. The van der Waals surface area contributed by atoms with Crippen LogP contribution >= 0.6 is 27.5 Å². The van der Waals surface area contributed by atoms with Crippen molar-refractivity contribution in [3.05, 3.63) is 62.6 Å². The summed E-state index contributed by atoms with van der Waals surface area (Å²) in [5.74, 6) is 0. The lowest BCUT2D eigenvalue weighted by atomic mass is 10.1. The second kappa shape index (κ2) is 6.10. The number of halogens is 2. The summed E-state index contributed by atoms with van der Waals surface area (Å²) in [6.45, 7) is 2.68. The van der Waals surface area contributed by atoms with Crippen molar-refractivity contribution in [2.75, 3.05) is 5.32 Å². The molecule has 0 aliphatic heterocycles. The number of hydrogen-bond acceptors (Lipinski definition) is 2. The number of nitriles is 1. The Labute approximate surface area is 126 Å². The molecule has 2 aromatic rings. The minimum Gasteiger partial charge on any atom is -0.380 e. The molecule has 0 bridgehead atoms. The van der Waals surface area contributed by atoms with Crippen molar-refractivity contribution in [1.82, 2.24) is 0 Å². The smallest absolute Gasteiger partial charge is 0.101 e. The van der Waals surface area contributed by atoms with Gasteiger partial charge in [0.15, 0.2) is 0 Å². The van der Waals surface area contributed by atoms with Gasteiger partial charge in [-0.25, -0.2) is 0 Å². The molecule has 0 radical (unpaired) electrons. The van der Waals surface area contributed by atoms with Gasteiger partial charge in [0, 0.05) is 16.0 Å². The SMILES string of the molecule is Cc1ccc(CNc2cc(Cl)ccc2C#N)c(Br)c1. The highest BCUT2D eigenvalue weighted by Gasteiger charge is 2.04. The van der Waals surface area contributed by atoms with Gasteiger partial charge in [-0.1, -0.05) is 39.7 Å². The third-order valence-corrected chi connectivity index (χ3v) is 3.75. The van der Waals surface area contributed by atoms with Gasteiger partial charge in [-0.15, -0.1) is 0 Å². The predicted molar refractivity (Wildman–Crippen MR) is 82.4 cm³/mol. The lowest BCUT2D eigenvalue weighted by molar-refractivity contribution is 1.13. The van der Waals surface area contributed by atoms with Crippen LogP contribution in [0.4, 0.5) is 5.69 Å². The van der Waals surface area contributed by atoms with E-state index in [4.69, 9.17) is 16.9 Å². The molecule has 0 fully saturated rings. The quantitative estimate of drug-likeness (QED) is 0.866. The maximum absolute atomic E-state index is 9.06. The number of aryl methyl sites for hydroxylation is 1. The van der Waals surface area contributed by atoms with Crippen LogP contribution in [0.1, 0.15) is 16.7 Å². The number of rotatable bonds is 3. The van der Waals surface area contributed by atoms with E-state index in [1.165, 1.54) is 5.56 Å². The average molecular weight is 336 g/mol. The Hall–Kier alpha value is -1.50. The Kier molecular flexibility index (Phi) is 4.47. The standard InChI is InChI=1S/C15H12BrClN2/c1-10-2-3-12(14(16)6-10)9-19-15-7-13(17)5-4-11(15)8-18/h2-7,19H,9H2,1H3. The van der Waals surface area contributed by atoms with Gasteiger partial charge in [-0.05, 0) is 42.3 Å². The Morgan fingerprint density at radius 2 is 2.05 bits per heavy atom. The fraction of sp³-hybridized carbons (Fsp3) is 0.133.